The lowest BCUT2D eigenvalue weighted by Crippen LogP contribution is -2.48. The van der Waals surface area contributed by atoms with Gasteiger partial charge in [-0.3, -0.25) is 14.5 Å². The van der Waals surface area contributed by atoms with Gasteiger partial charge in [0, 0.05) is 30.7 Å². The summed E-state index contributed by atoms with van der Waals surface area (Å²) in [6.07, 6.45) is 5.13. The lowest BCUT2D eigenvalue weighted by atomic mass is 9.84. The van der Waals surface area contributed by atoms with E-state index in [9.17, 15) is 9.59 Å². The number of rotatable bonds is 5. The third kappa shape index (κ3) is 4.57. The van der Waals surface area contributed by atoms with Crippen LogP contribution in [0.1, 0.15) is 37.7 Å². The molecule has 1 aromatic carbocycles. The van der Waals surface area contributed by atoms with Gasteiger partial charge in [-0.15, -0.1) is 0 Å². The first kappa shape index (κ1) is 17.0. The largest absolute Gasteiger partial charge is 0.353 e. The summed E-state index contributed by atoms with van der Waals surface area (Å²) < 4.78 is 0. The molecular formula is C19H27N3O2. The van der Waals surface area contributed by atoms with Crippen molar-refractivity contribution in [3.63, 3.8) is 0 Å². The van der Waals surface area contributed by atoms with E-state index >= 15 is 0 Å². The predicted molar refractivity (Wildman–Crippen MR) is 94.8 cm³/mol. The van der Waals surface area contributed by atoms with Gasteiger partial charge >= 0.3 is 0 Å². The fourth-order valence-corrected chi connectivity index (χ4v) is 3.27. The van der Waals surface area contributed by atoms with Crippen molar-refractivity contribution in [2.45, 2.75) is 45.1 Å². The molecule has 1 aliphatic carbocycles. The molecule has 130 valence electrons. The fourth-order valence-electron chi connectivity index (χ4n) is 3.27. The topological polar surface area (TPSA) is 61.4 Å². The maximum absolute atomic E-state index is 12.1. The molecule has 0 unspecified atom stereocenters. The molecule has 0 aromatic heterocycles. The lowest BCUT2D eigenvalue weighted by Gasteiger charge is -2.33. The molecule has 2 N–H and O–H groups in total. The highest BCUT2D eigenvalue weighted by Gasteiger charge is 2.28. The lowest BCUT2D eigenvalue weighted by molar-refractivity contribution is -0.128. The molecule has 0 bridgehead atoms. The smallest absolute Gasteiger partial charge is 0.238 e. The Labute approximate surface area is 143 Å². The highest BCUT2D eigenvalue weighted by atomic mass is 16.2. The van der Waals surface area contributed by atoms with Gasteiger partial charge in [0.05, 0.1) is 6.54 Å². The number of benzene rings is 1. The number of hydrogen-bond donors (Lipinski definition) is 2. The molecule has 5 nitrogen and oxygen atoms in total. The Kier molecular flexibility index (Phi) is 5.51. The first-order valence-corrected chi connectivity index (χ1v) is 8.99. The van der Waals surface area contributed by atoms with E-state index in [1.807, 2.05) is 31.2 Å². The van der Waals surface area contributed by atoms with Crippen LogP contribution >= 0.6 is 0 Å². The Morgan fingerprint density at radius 2 is 1.75 bits per heavy atom. The second-order valence-corrected chi connectivity index (χ2v) is 7.10. The van der Waals surface area contributed by atoms with Crippen molar-refractivity contribution in [3.8, 4) is 0 Å². The van der Waals surface area contributed by atoms with E-state index in [0.29, 0.717) is 6.54 Å². The number of nitrogens with one attached hydrogen (secondary N) is 2. The highest BCUT2D eigenvalue weighted by molar-refractivity contribution is 5.92. The van der Waals surface area contributed by atoms with E-state index in [-0.39, 0.29) is 23.8 Å². The first-order valence-electron chi connectivity index (χ1n) is 8.99. The third-order valence-electron chi connectivity index (χ3n) is 5.11. The SMILES string of the molecule is Cc1ccc(NC(=O)CN2CCC(NC(=O)C3CCC3)CC2)cc1. The summed E-state index contributed by atoms with van der Waals surface area (Å²) >= 11 is 0. The summed E-state index contributed by atoms with van der Waals surface area (Å²) in [5, 5.41) is 6.11. The molecule has 1 aromatic rings. The van der Waals surface area contributed by atoms with Gasteiger partial charge in [0.1, 0.15) is 0 Å². The van der Waals surface area contributed by atoms with E-state index < -0.39 is 0 Å². The van der Waals surface area contributed by atoms with Crippen molar-refractivity contribution in [1.29, 1.82) is 0 Å². The van der Waals surface area contributed by atoms with Crippen molar-refractivity contribution in [3.05, 3.63) is 29.8 Å². The van der Waals surface area contributed by atoms with Crippen molar-refractivity contribution >= 4 is 17.5 Å². The van der Waals surface area contributed by atoms with Gasteiger partial charge in [-0.05, 0) is 44.7 Å². The standard InChI is InChI=1S/C19H27N3O2/c1-14-5-7-16(8-6-14)20-18(23)13-22-11-9-17(10-12-22)21-19(24)15-3-2-4-15/h5-8,15,17H,2-4,9-13H2,1H3,(H,20,23)(H,21,24). The van der Waals surface area contributed by atoms with Crippen LogP contribution in [0.5, 0.6) is 0 Å². The maximum atomic E-state index is 12.1. The summed E-state index contributed by atoms with van der Waals surface area (Å²) in [6.45, 7) is 4.16. The van der Waals surface area contributed by atoms with Gasteiger partial charge < -0.3 is 10.6 Å². The van der Waals surface area contributed by atoms with Gasteiger partial charge in [0.15, 0.2) is 0 Å². The summed E-state index contributed by atoms with van der Waals surface area (Å²) in [5.74, 6) is 0.510. The second kappa shape index (κ2) is 7.79. The second-order valence-electron chi connectivity index (χ2n) is 7.10. The Hall–Kier alpha value is -1.88. The Bertz CT molecular complexity index is 573. The van der Waals surface area contributed by atoms with Crippen LogP contribution in [-0.2, 0) is 9.59 Å². The van der Waals surface area contributed by atoms with E-state index in [1.165, 1.54) is 12.0 Å². The molecule has 1 saturated heterocycles. The van der Waals surface area contributed by atoms with Crippen LogP contribution in [0.4, 0.5) is 5.69 Å². The summed E-state index contributed by atoms with van der Waals surface area (Å²) in [7, 11) is 0. The predicted octanol–water partition coefficient (Wildman–Crippen LogP) is 2.31. The summed E-state index contributed by atoms with van der Waals surface area (Å²) in [5.41, 5.74) is 2.02. The minimum absolute atomic E-state index is 0.0239. The molecular weight excluding hydrogens is 302 g/mol. The normalized spacial score (nSPS) is 19.5. The number of aryl methyl sites for hydroxylation is 1. The zero-order valence-corrected chi connectivity index (χ0v) is 14.4. The van der Waals surface area contributed by atoms with Crippen LogP contribution in [0.25, 0.3) is 0 Å². The minimum atomic E-state index is 0.0239. The van der Waals surface area contributed by atoms with E-state index in [2.05, 4.69) is 15.5 Å². The number of piperidine rings is 1. The zero-order valence-electron chi connectivity index (χ0n) is 14.4. The molecule has 0 spiro atoms. The monoisotopic (exact) mass is 329 g/mol. The number of anilines is 1. The zero-order chi connectivity index (χ0) is 16.9. The van der Waals surface area contributed by atoms with Crippen molar-refractivity contribution in [1.82, 2.24) is 10.2 Å². The molecule has 2 amide bonds. The van der Waals surface area contributed by atoms with Crippen LogP contribution in [-0.4, -0.2) is 42.4 Å². The van der Waals surface area contributed by atoms with Gasteiger partial charge in [0.25, 0.3) is 0 Å². The molecule has 2 fully saturated rings. The van der Waals surface area contributed by atoms with Crippen LogP contribution in [0.3, 0.4) is 0 Å². The van der Waals surface area contributed by atoms with Crippen molar-refractivity contribution in [2.24, 2.45) is 5.92 Å². The third-order valence-corrected chi connectivity index (χ3v) is 5.11. The number of nitrogens with zero attached hydrogens (tertiary/aromatic N) is 1. The molecule has 1 saturated carbocycles. The molecule has 24 heavy (non-hydrogen) atoms. The molecule has 5 heteroatoms. The highest BCUT2D eigenvalue weighted by Crippen LogP contribution is 2.26. The molecule has 1 heterocycles. The van der Waals surface area contributed by atoms with E-state index in [1.54, 1.807) is 0 Å². The van der Waals surface area contributed by atoms with Crippen LogP contribution in [0.2, 0.25) is 0 Å². The van der Waals surface area contributed by atoms with E-state index in [0.717, 1.165) is 44.5 Å². The number of likely N-dealkylation sites (tertiary alicyclic amines) is 1. The van der Waals surface area contributed by atoms with Gasteiger partial charge in [-0.2, -0.15) is 0 Å². The quantitative estimate of drug-likeness (QED) is 0.871. The van der Waals surface area contributed by atoms with Crippen LogP contribution in [0.15, 0.2) is 24.3 Å². The van der Waals surface area contributed by atoms with Crippen LogP contribution in [0, 0.1) is 12.8 Å². The van der Waals surface area contributed by atoms with Gasteiger partial charge in [0.2, 0.25) is 11.8 Å². The number of hydrogen-bond acceptors (Lipinski definition) is 3. The molecule has 0 atom stereocenters. The Balaban J connectivity index is 1.37. The molecule has 1 aliphatic heterocycles. The van der Waals surface area contributed by atoms with E-state index in [4.69, 9.17) is 0 Å². The number of carbonyl (C=O) groups excluding carboxylic acids is 2. The van der Waals surface area contributed by atoms with Crippen molar-refractivity contribution in [2.75, 3.05) is 25.0 Å². The maximum Gasteiger partial charge on any atom is 0.238 e. The van der Waals surface area contributed by atoms with Crippen molar-refractivity contribution < 1.29 is 9.59 Å². The average Bonchev–Trinajstić information content (AvgIpc) is 2.50. The first-order chi connectivity index (χ1) is 11.6. The fraction of sp³-hybridized carbons (Fsp3) is 0.579. The van der Waals surface area contributed by atoms with Crippen LogP contribution < -0.4 is 10.6 Å². The molecule has 2 aliphatic rings. The number of carbonyl (C=O) groups is 2. The minimum Gasteiger partial charge on any atom is -0.353 e. The average molecular weight is 329 g/mol. The Morgan fingerprint density at radius 1 is 1.08 bits per heavy atom. The summed E-state index contributed by atoms with van der Waals surface area (Å²) in [4.78, 5) is 26.3. The number of amides is 2. The van der Waals surface area contributed by atoms with Gasteiger partial charge in [-0.1, -0.05) is 24.1 Å². The Morgan fingerprint density at radius 3 is 2.33 bits per heavy atom. The summed E-state index contributed by atoms with van der Waals surface area (Å²) in [6, 6.07) is 8.11. The molecule has 3 rings (SSSR count). The van der Waals surface area contributed by atoms with Gasteiger partial charge in [-0.25, -0.2) is 0 Å². The molecule has 0 radical (unpaired) electrons.